The van der Waals surface area contributed by atoms with Crippen LogP contribution in [0.4, 0.5) is 15.0 Å². The van der Waals surface area contributed by atoms with E-state index in [1.807, 2.05) is 0 Å². The van der Waals surface area contributed by atoms with Crippen LogP contribution in [0, 0.1) is 11.2 Å². The summed E-state index contributed by atoms with van der Waals surface area (Å²) in [6, 6.07) is 7.51. The Morgan fingerprint density at radius 3 is 2.18 bits per heavy atom. The summed E-state index contributed by atoms with van der Waals surface area (Å²) in [6.45, 7) is 9.73. The molecule has 1 amide bonds. The van der Waals surface area contributed by atoms with E-state index in [0.717, 1.165) is 29.2 Å². The summed E-state index contributed by atoms with van der Waals surface area (Å²) in [5, 5.41) is 9.92. The maximum absolute atomic E-state index is 13.1. The Balaban J connectivity index is 2.40. The van der Waals surface area contributed by atoms with Crippen molar-refractivity contribution in [1.82, 2.24) is 9.71 Å². The smallest absolute Gasteiger partial charge is 0.416 e. The van der Waals surface area contributed by atoms with Crippen LogP contribution in [-0.4, -0.2) is 42.2 Å². The molecule has 34 heavy (non-hydrogen) atoms. The first-order valence-electron chi connectivity index (χ1n) is 10.5. The van der Waals surface area contributed by atoms with Gasteiger partial charge in [-0.25, -0.2) is 37.0 Å². The fourth-order valence-electron chi connectivity index (χ4n) is 3.08. The van der Waals surface area contributed by atoms with Crippen molar-refractivity contribution in [3.63, 3.8) is 0 Å². The summed E-state index contributed by atoms with van der Waals surface area (Å²) >= 11 is 0. The van der Waals surface area contributed by atoms with Crippen molar-refractivity contribution in [2.45, 2.75) is 64.6 Å². The maximum atomic E-state index is 13.1. The minimum absolute atomic E-state index is 0.00458. The van der Waals surface area contributed by atoms with Crippen LogP contribution in [0.2, 0.25) is 0 Å². The van der Waals surface area contributed by atoms with Gasteiger partial charge in [-0.3, -0.25) is 0 Å². The minimum atomic E-state index is -3.96. The number of pyridine rings is 1. The van der Waals surface area contributed by atoms with Crippen molar-refractivity contribution < 1.29 is 32.2 Å². The Labute approximate surface area is 199 Å². The highest BCUT2D eigenvalue weighted by Crippen LogP contribution is 2.30. The van der Waals surface area contributed by atoms with Crippen LogP contribution < -0.4 is 9.62 Å². The fourth-order valence-corrected chi connectivity index (χ4v) is 4.08. The Hall–Kier alpha value is -3.05. The van der Waals surface area contributed by atoms with Gasteiger partial charge < -0.3 is 9.84 Å². The summed E-state index contributed by atoms with van der Waals surface area (Å²) in [5.74, 6) is -1.82. The van der Waals surface area contributed by atoms with Crippen molar-refractivity contribution in [1.29, 1.82) is 0 Å². The number of halogens is 1. The van der Waals surface area contributed by atoms with Crippen molar-refractivity contribution >= 4 is 27.9 Å². The standard InChI is InChI=1S/C23H30FN3O6S/c1-22(2,3)19(20(28)29)27(21(30)33-23(4,5)6)18-9-7-8-16(26-18)14-25-34(31,32)17-12-10-15(24)11-13-17/h7-13,19,25H,14H2,1-6H3,(H,28,29). The van der Waals surface area contributed by atoms with E-state index in [9.17, 15) is 27.5 Å². The van der Waals surface area contributed by atoms with Gasteiger partial charge in [-0.2, -0.15) is 0 Å². The molecule has 0 radical (unpaired) electrons. The van der Waals surface area contributed by atoms with E-state index >= 15 is 0 Å². The SMILES string of the molecule is CC(C)(C)OC(=O)N(c1cccc(CNS(=O)(=O)c2ccc(F)cc2)n1)C(C(=O)O)C(C)(C)C. The second kappa shape index (κ2) is 10.1. The first-order valence-corrected chi connectivity index (χ1v) is 12.0. The number of nitrogens with zero attached hydrogens (tertiary/aromatic N) is 2. The van der Waals surface area contributed by atoms with E-state index in [1.54, 1.807) is 41.5 Å². The first kappa shape index (κ1) is 27.2. The van der Waals surface area contributed by atoms with E-state index in [4.69, 9.17) is 4.74 Å². The molecule has 0 saturated carbocycles. The number of aliphatic carboxylic acids is 1. The molecule has 0 aliphatic rings. The molecule has 0 saturated heterocycles. The van der Waals surface area contributed by atoms with Crippen molar-refractivity contribution in [3.05, 3.63) is 54.0 Å². The van der Waals surface area contributed by atoms with Crippen LogP contribution in [-0.2, 0) is 26.1 Å². The van der Waals surface area contributed by atoms with Crippen LogP contribution in [0.3, 0.4) is 0 Å². The summed E-state index contributed by atoms with van der Waals surface area (Å²) in [4.78, 5) is 30.4. The summed E-state index contributed by atoms with van der Waals surface area (Å²) in [7, 11) is -3.96. The number of carboxylic acids is 1. The van der Waals surface area contributed by atoms with Crippen LogP contribution in [0.5, 0.6) is 0 Å². The second-order valence-electron chi connectivity index (χ2n) is 9.72. The van der Waals surface area contributed by atoms with Gasteiger partial charge in [0.25, 0.3) is 0 Å². The third-order valence-electron chi connectivity index (χ3n) is 4.51. The topological polar surface area (TPSA) is 126 Å². The van der Waals surface area contributed by atoms with Gasteiger partial charge in [-0.05, 0) is 62.6 Å². The van der Waals surface area contributed by atoms with Gasteiger partial charge in [0.1, 0.15) is 23.3 Å². The molecule has 0 aliphatic carbocycles. The fraction of sp³-hybridized carbons (Fsp3) is 0.435. The van der Waals surface area contributed by atoms with E-state index in [0.29, 0.717) is 0 Å². The highest BCUT2D eigenvalue weighted by atomic mass is 32.2. The molecule has 0 spiro atoms. The molecule has 186 valence electrons. The van der Waals surface area contributed by atoms with E-state index in [1.165, 1.54) is 18.2 Å². The number of benzene rings is 1. The average Bonchev–Trinajstić information content (AvgIpc) is 2.68. The molecule has 1 aromatic carbocycles. The lowest BCUT2D eigenvalue weighted by molar-refractivity contribution is -0.141. The van der Waals surface area contributed by atoms with Gasteiger partial charge in [-0.1, -0.05) is 26.8 Å². The third kappa shape index (κ3) is 7.22. The molecule has 0 aliphatic heterocycles. The molecule has 1 unspecified atom stereocenters. The van der Waals surface area contributed by atoms with Gasteiger partial charge in [0.05, 0.1) is 17.1 Å². The lowest BCUT2D eigenvalue weighted by Crippen LogP contribution is -2.54. The molecular weight excluding hydrogens is 465 g/mol. The number of carbonyl (C=O) groups is 2. The molecule has 2 N–H and O–H groups in total. The summed E-state index contributed by atoms with van der Waals surface area (Å²) in [6.07, 6.45) is -0.897. The average molecular weight is 496 g/mol. The molecule has 0 bridgehead atoms. The Morgan fingerprint density at radius 2 is 1.68 bits per heavy atom. The van der Waals surface area contributed by atoms with Gasteiger partial charge in [-0.15, -0.1) is 0 Å². The molecule has 1 atom stereocenters. The Morgan fingerprint density at radius 1 is 1.09 bits per heavy atom. The number of anilines is 1. The zero-order valence-electron chi connectivity index (χ0n) is 20.0. The highest BCUT2D eigenvalue weighted by molar-refractivity contribution is 7.89. The first-order chi connectivity index (χ1) is 15.5. The Bertz CT molecular complexity index is 1140. The molecular formula is C23H30FN3O6S. The Kier molecular flexibility index (Phi) is 8.05. The number of ether oxygens (including phenoxy) is 1. The molecule has 1 heterocycles. The quantitative estimate of drug-likeness (QED) is 0.596. The van der Waals surface area contributed by atoms with Gasteiger partial charge in [0.15, 0.2) is 0 Å². The van der Waals surface area contributed by atoms with Crippen LogP contribution in [0.1, 0.15) is 47.2 Å². The number of sulfonamides is 1. The number of rotatable bonds is 7. The monoisotopic (exact) mass is 495 g/mol. The molecule has 0 fully saturated rings. The van der Waals surface area contributed by atoms with Crippen LogP contribution in [0.15, 0.2) is 47.4 Å². The predicted molar refractivity (Wildman–Crippen MR) is 124 cm³/mol. The second-order valence-corrected chi connectivity index (χ2v) is 11.5. The summed E-state index contributed by atoms with van der Waals surface area (Å²) < 4.78 is 45.9. The van der Waals surface area contributed by atoms with E-state index in [2.05, 4.69) is 9.71 Å². The van der Waals surface area contributed by atoms with Crippen LogP contribution in [0.25, 0.3) is 0 Å². The molecule has 9 nitrogen and oxygen atoms in total. The lowest BCUT2D eigenvalue weighted by atomic mass is 9.85. The lowest BCUT2D eigenvalue weighted by Gasteiger charge is -2.37. The predicted octanol–water partition coefficient (Wildman–Crippen LogP) is 3.94. The summed E-state index contributed by atoms with van der Waals surface area (Å²) in [5.41, 5.74) is -1.54. The molecule has 2 aromatic rings. The zero-order valence-corrected chi connectivity index (χ0v) is 20.8. The molecule has 1 aromatic heterocycles. The number of nitrogens with one attached hydrogen (secondary N) is 1. The minimum Gasteiger partial charge on any atom is -0.480 e. The third-order valence-corrected chi connectivity index (χ3v) is 5.93. The zero-order chi connectivity index (χ0) is 25.9. The van der Waals surface area contributed by atoms with Gasteiger partial charge >= 0.3 is 12.1 Å². The number of hydrogen-bond acceptors (Lipinski definition) is 6. The van der Waals surface area contributed by atoms with Crippen molar-refractivity contribution in [2.75, 3.05) is 4.90 Å². The number of carboxylic acid groups (broad SMARTS) is 1. The van der Waals surface area contributed by atoms with Gasteiger partial charge in [0.2, 0.25) is 10.0 Å². The van der Waals surface area contributed by atoms with Gasteiger partial charge in [0, 0.05) is 0 Å². The largest absolute Gasteiger partial charge is 0.480 e. The number of carbonyl (C=O) groups excluding carboxylic acids is 1. The number of hydrogen-bond donors (Lipinski definition) is 2. The van der Waals surface area contributed by atoms with E-state index < -0.39 is 45.0 Å². The van der Waals surface area contributed by atoms with Crippen molar-refractivity contribution in [2.24, 2.45) is 5.41 Å². The number of amides is 1. The molecule has 11 heteroatoms. The normalized spacial score (nSPS) is 13.3. The number of aromatic nitrogens is 1. The van der Waals surface area contributed by atoms with E-state index in [-0.39, 0.29) is 23.0 Å². The highest BCUT2D eigenvalue weighted by Gasteiger charge is 2.42. The van der Waals surface area contributed by atoms with Crippen LogP contribution >= 0.6 is 0 Å². The van der Waals surface area contributed by atoms with Crippen molar-refractivity contribution in [3.8, 4) is 0 Å². The maximum Gasteiger partial charge on any atom is 0.416 e. The molecule has 2 rings (SSSR count).